The van der Waals surface area contributed by atoms with E-state index in [4.69, 9.17) is 4.74 Å². The van der Waals surface area contributed by atoms with Crippen LogP contribution in [0.3, 0.4) is 0 Å². The molecule has 0 radical (unpaired) electrons. The SMILES string of the molecule is CCNC(=O)Nc1ccc(-c2nc3c(c(N4CCOC[C@H]4C)n2)S(=O)(=O)CC3)cc1. The fourth-order valence-corrected chi connectivity index (χ4v) is 5.32. The number of morpholine rings is 1. The van der Waals surface area contributed by atoms with Crippen LogP contribution in [0.25, 0.3) is 11.4 Å². The summed E-state index contributed by atoms with van der Waals surface area (Å²) < 4.78 is 30.9. The second-order valence-electron chi connectivity index (χ2n) is 7.39. The Balaban J connectivity index is 1.71. The summed E-state index contributed by atoms with van der Waals surface area (Å²) in [6.07, 6.45) is 0.385. The molecular weight excluding hydrogens is 406 g/mol. The van der Waals surface area contributed by atoms with E-state index in [1.807, 2.05) is 30.9 Å². The van der Waals surface area contributed by atoms with Gasteiger partial charge in [-0.2, -0.15) is 0 Å². The van der Waals surface area contributed by atoms with Crippen LogP contribution in [0.5, 0.6) is 0 Å². The number of carbonyl (C=O) groups is 1. The third-order valence-electron chi connectivity index (χ3n) is 5.21. The van der Waals surface area contributed by atoms with Gasteiger partial charge >= 0.3 is 6.03 Å². The predicted molar refractivity (Wildman–Crippen MR) is 114 cm³/mol. The summed E-state index contributed by atoms with van der Waals surface area (Å²) in [5.74, 6) is 0.999. The van der Waals surface area contributed by atoms with Crippen LogP contribution in [0, 0.1) is 0 Å². The molecule has 10 heteroatoms. The minimum atomic E-state index is -3.40. The van der Waals surface area contributed by atoms with Crippen molar-refractivity contribution in [2.24, 2.45) is 0 Å². The molecule has 1 saturated heterocycles. The lowest BCUT2D eigenvalue weighted by molar-refractivity contribution is 0.0982. The molecule has 0 bridgehead atoms. The van der Waals surface area contributed by atoms with Crippen LogP contribution in [0.2, 0.25) is 0 Å². The van der Waals surface area contributed by atoms with E-state index in [9.17, 15) is 13.2 Å². The monoisotopic (exact) mass is 431 g/mol. The number of anilines is 2. The van der Waals surface area contributed by atoms with Crippen molar-refractivity contribution in [3.8, 4) is 11.4 Å². The number of amides is 2. The van der Waals surface area contributed by atoms with Gasteiger partial charge in [-0.25, -0.2) is 23.2 Å². The van der Waals surface area contributed by atoms with E-state index in [1.54, 1.807) is 12.1 Å². The maximum absolute atomic E-state index is 12.7. The molecule has 160 valence electrons. The first-order valence-electron chi connectivity index (χ1n) is 10.0. The first-order valence-corrected chi connectivity index (χ1v) is 11.7. The standard InChI is InChI=1S/C20H25N5O4S/c1-3-21-20(26)22-15-6-4-14(5-7-15)18-23-16-8-11-30(27,28)17(16)19(24-18)25-9-10-29-12-13(25)2/h4-7,13H,3,8-12H2,1-2H3,(H2,21,22,26)/t13-/m1/s1. The van der Waals surface area contributed by atoms with Gasteiger partial charge in [-0.15, -0.1) is 0 Å². The van der Waals surface area contributed by atoms with Gasteiger partial charge < -0.3 is 20.3 Å². The molecule has 0 aliphatic carbocycles. The molecule has 2 amide bonds. The third-order valence-corrected chi connectivity index (χ3v) is 7.00. The number of rotatable bonds is 4. The molecule has 2 N–H and O–H groups in total. The number of hydrogen-bond acceptors (Lipinski definition) is 7. The summed E-state index contributed by atoms with van der Waals surface area (Å²) in [5.41, 5.74) is 1.97. The highest BCUT2D eigenvalue weighted by Gasteiger charge is 2.36. The third kappa shape index (κ3) is 3.97. The summed E-state index contributed by atoms with van der Waals surface area (Å²) in [4.78, 5) is 23.2. The molecule has 4 rings (SSSR count). The van der Waals surface area contributed by atoms with Gasteiger partial charge in [-0.05, 0) is 38.1 Å². The number of hydrogen-bond donors (Lipinski definition) is 2. The maximum Gasteiger partial charge on any atom is 0.319 e. The fourth-order valence-electron chi connectivity index (χ4n) is 3.71. The number of urea groups is 1. The van der Waals surface area contributed by atoms with Gasteiger partial charge in [0.1, 0.15) is 4.90 Å². The average molecular weight is 432 g/mol. The highest BCUT2D eigenvalue weighted by atomic mass is 32.2. The van der Waals surface area contributed by atoms with Gasteiger partial charge in [0, 0.05) is 30.8 Å². The normalized spacial score (nSPS) is 19.9. The van der Waals surface area contributed by atoms with E-state index in [0.29, 0.717) is 55.7 Å². The highest BCUT2D eigenvalue weighted by molar-refractivity contribution is 7.91. The number of nitrogens with zero attached hydrogens (tertiary/aromatic N) is 3. The first kappa shape index (κ1) is 20.5. The minimum Gasteiger partial charge on any atom is -0.377 e. The van der Waals surface area contributed by atoms with Crippen LogP contribution in [-0.2, 0) is 21.0 Å². The number of aryl methyl sites for hydroxylation is 1. The highest BCUT2D eigenvalue weighted by Crippen LogP contribution is 2.36. The number of ether oxygens (including phenoxy) is 1. The van der Waals surface area contributed by atoms with Crippen LogP contribution in [0.1, 0.15) is 19.5 Å². The lowest BCUT2D eigenvalue weighted by atomic mass is 10.1. The Labute approximate surface area is 175 Å². The molecule has 30 heavy (non-hydrogen) atoms. The number of fused-ring (bicyclic) bond motifs is 1. The number of nitrogens with one attached hydrogen (secondary N) is 2. The van der Waals surface area contributed by atoms with Crippen molar-refractivity contribution in [3.63, 3.8) is 0 Å². The molecule has 2 aliphatic rings. The Morgan fingerprint density at radius 3 is 2.73 bits per heavy atom. The lowest BCUT2D eigenvalue weighted by Gasteiger charge is -2.35. The van der Waals surface area contributed by atoms with E-state index >= 15 is 0 Å². The molecule has 2 aliphatic heterocycles. The molecular formula is C20H25N5O4S. The van der Waals surface area contributed by atoms with Crippen molar-refractivity contribution in [2.75, 3.05) is 42.3 Å². The van der Waals surface area contributed by atoms with Crippen molar-refractivity contribution >= 4 is 27.4 Å². The molecule has 9 nitrogen and oxygen atoms in total. The van der Waals surface area contributed by atoms with E-state index < -0.39 is 9.84 Å². The van der Waals surface area contributed by atoms with Crippen molar-refractivity contribution < 1.29 is 17.9 Å². The zero-order valence-electron chi connectivity index (χ0n) is 17.0. The Kier molecular flexibility index (Phi) is 5.61. The Morgan fingerprint density at radius 2 is 2.03 bits per heavy atom. The van der Waals surface area contributed by atoms with Crippen molar-refractivity contribution in [1.29, 1.82) is 0 Å². The zero-order chi connectivity index (χ0) is 21.3. The van der Waals surface area contributed by atoms with Crippen LogP contribution in [0.15, 0.2) is 29.2 Å². The lowest BCUT2D eigenvalue weighted by Crippen LogP contribution is -2.44. The van der Waals surface area contributed by atoms with Gasteiger partial charge in [0.2, 0.25) is 0 Å². The minimum absolute atomic E-state index is 0.0186. The van der Waals surface area contributed by atoms with Crippen molar-refractivity contribution in [2.45, 2.75) is 31.2 Å². The topological polar surface area (TPSA) is 114 Å². The Morgan fingerprint density at radius 1 is 1.27 bits per heavy atom. The molecule has 1 atom stereocenters. The molecule has 3 heterocycles. The fraction of sp³-hybridized carbons (Fsp3) is 0.450. The van der Waals surface area contributed by atoms with Crippen LogP contribution >= 0.6 is 0 Å². The first-order chi connectivity index (χ1) is 14.4. The summed E-state index contributed by atoms with van der Waals surface area (Å²) in [6.45, 7) is 6.01. The van der Waals surface area contributed by atoms with Gasteiger partial charge in [0.25, 0.3) is 0 Å². The van der Waals surface area contributed by atoms with Crippen molar-refractivity contribution in [1.82, 2.24) is 15.3 Å². The van der Waals surface area contributed by atoms with E-state index in [-0.39, 0.29) is 22.7 Å². The molecule has 0 unspecified atom stereocenters. The number of sulfone groups is 1. The van der Waals surface area contributed by atoms with Crippen LogP contribution < -0.4 is 15.5 Å². The summed E-state index contributed by atoms with van der Waals surface area (Å²) in [5, 5.41) is 5.43. The van der Waals surface area contributed by atoms with Crippen LogP contribution in [-0.4, -0.2) is 62.5 Å². The molecule has 1 fully saturated rings. The molecule has 1 aromatic heterocycles. The van der Waals surface area contributed by atoms with Gasteiger partial charge in [0.15, 0.2) is 21.5 Å². The summed E-state index contributed by atoms with van der Waals surface area (Å²) >= 11 is 0. The molecule has 2 aromatic rings. The van der Waals surface area contributed by atoms with E-state index in [1.165, 1.54) is 0 Å². The molecule has 0 spiro atoms. The Hall–Kier alpha value is -2.72. The van der Waals surface area contributed by atoms with Gasteiger partial charge in [0.05, 0.1) is 30.7 Å². The molecule has 1 aromatic carbocycles. The number of carbonyl (C=O) groups excluding carboxylic acids is 1. The predicted octanol–water partition coefficient (Wildman–Crippen LogP) is 1.84. The summed E-state index contributed by atoms with van der Waals surface area (Å²) in [7, 11) is -3.40. The van der Waals surface area contributed by atoms with Crippen molar-refractivity contribution in [3.05, 3.63) is 30.0 Å². The van der Waals surface area contributed by atoms with Gasteiger partial charge in [-0.3, -0.25) is 0 Å². The second kappa shape index (κ2) is 8.19. The summed E-state index contributed by atoms with van der Waals surface area (Å²) in [6, 6.07) is 6.93. The van der Waals surface area contributed by atoms with E-state index in [0.717, 1.165) is 5.56 Å². The zero-order valence-corrected chi connectivity index (χ0v) is 17.8. The average Bonchev–Trinajstić information content (AvgIpc) is 3.03. The second-order valence-corrected chi connectivity index (χ2v) is 9.44. The largest absolute Gasteiger partial charge is 0.377 e. The maximum atomic E-state index is 12.7. The van der Waals surface area contributed by atoms with E-state index in [2.05, 4.69) is 20.6 Å². The quantitative estimate of drug-likeness (QED) is 0.759. The smallest absolute Gasteiger partial charge is 0.319 e. The molecule has 0 saturated carbocycles. The van der Waals surface area contributed by atoms with Crippen LogP contribution in [0.4, 0.5) is 16.3 Å². The Bertz CT molecular complexity index is 1060. The van der Waals surface area contributed by atoms with Gasteiger partial charge in [-0.1, -0.05) is 0 Å². The number of benzene rings is 1. The number of aromatic nitrogens is 2.